The number of ether oxygens (including phenoxy) is 2. The van der Waals surface area contributed by atoms with E-state index >= 15 is 0 Å². The maximum Gasteiger partial charge on any atom is 0.338 e. The van der Waals surface area contributed by atoms with Crippen LogP contribution in [0, 0.1) is 49.4 Å². The summed E-state index contributed by atoms with van der Waals surface area (Å²) in [6.45, 7) is 4.45. The molecule has 380 valence electrons. The number of carboxylic acids is 1. The van der Waals surface area contributed by atoms with Crippen LogP contribution < -0.4 is 19.3 Å². The third-order valence-corrected chi connectivity index (χ3v) is 15.8. The number of amides is 1. The second-order valence-corrected chi connectivity index (χ2v) is 22.4. The number of nitrogens with two attached hydrogens (primary N) is 1. The molecule has 4 fully saturated rings. The fourth-order valence-electron chi connectivity index (χ4n) is 8.80. The van der Waals surface area contributed by atoms with E-state index in [1.54, 1.807) is 58.5 Å². The maximum atomic E-state index is 12.6. The van der Waals surface area contributed by atoms with Crippen LogP contribution in [0.3, 0.4) is 0 Å². The van der Waals surface area contributed by atoms with Gasteiger partial charge in [-0.25, -0.2) is 50.8 Å². The number of hydrogen-bond acceptors (Lipinski definition) is 14. The number of sulfonamides is 2. The number of halogens is 2. The number of carbonyl (C=O) groups excluding carboxylic acids is 1. The second-order valence-electron chi connectivity index (χ2n) is 18.5. The summed E-state index contributed by atoms with van der Waals surface area (Å²) in [7, 11) is -4.47. The van der Waals surface area contributed by atoms with Gasteiger partial charge in [0.15, 0.2) is 11.6 Å². The lowest BCUT2D eigenvalue weighted by atomic mass is 9.95. The first-order valence-corrected chi connectivity index (χ1v) is 27.1. The first-order valence-electron chi connectivity index (χ1n) is 23.3. The van der Waals surface area contributed by atoms with E-state index in [-0.39, 0.29) is 36.9 Å². The first-order chi connectivity index (χ1) is 33.7. The van der Waals surface area contributed by atoms with Gasteiger partial charge in [-0.1, -0.05) is 23.2 Å². The highest BCUT2D eigenvalue weighted by atomic mass is 35.5. The van der Waals surface area contributed by atoms with E-state index in [0.717, 1.165) is 48.3 Å². The Kier molecular flexibility index (Phi) is 15.6. The predicted octanol–water partition coefficient (Wildman–Crippen LogP) is 6.49. The van der Waals surface area contributed by atoms with Gasteiger partial charge >= 0.3 is 5.97 Å². The Bertz CT molecular complexity index is 3100. The molecule has 0 aliphatic heterocycles. The van der Waals surface area contributed by atoms with Crippen LogP contribution in [0.5, 0.6) is 11.8 Å². The third-order valence-electron chi connectivity index (χ3n) is 12.8. The predicted molar refractivity (Wildman–Crippen MR) is 260 cm³/mol. The van der Waals surface area contributed by atoms with Crippen molar-refractivity contribution in [1.82, 2.24) is 53.8 Å². The van der Waals surface area contributed by atoms with Crippen LogP contribution in [0.15, 0.2) is 71.0 Å². The minimum absolute atomic E-state index is 0.0276. The quantitative estimate of drug-likeness (QED) is 0.0732. The number of carbonyl (C=O) groups is 2. The molecule has 10 rings (SSSR count). The largest absolute Gasteiger partial charge is 0.478 e. The van der Waals surface area contributed by atoms with Crippen molar-refractivity contribution in [3.63, 3.8) is 0 Å². The van der Waals surface area contributed by atoms with Gasteiger partial charge in [-0.05, 0) is 138 Å². The van der Waals surface area contributed by atoms with E-state index in [1.807, 2.05) is 4.72 Å². The Balaban J connectivity index is 0.000000163. The number of aryl methyl sites for hydroxylation is 4. The maximum absolute atomic E-state index is 12.6. The van der Waals surface area contributed by atoms with Gasteiger partial charge in [0.1, 0.15) is 20.1 Å². The van der Waals surface area contributed by atoms with E-state index in [9.17, 15) is 26.4 Å². The minimum atomic E-state index is -4.11. The molecule has 21 nitrogen and oxygen atoms in total. The average Bonchev–Trinajstić information content (AvgIpc) is 4.13. The van der Waals surface area contributed by atoms with E-state index in [2.05, 4.69) is 30.4 Å². The van der Waals surface area contributed by atoms with Crippen LogP contribution in [-0.2, 0) is 34.1 Å². The van der Waals surface area contributed by atoms with Crippen LogP contribution in [-0.4, -0.2) is 96.1 Å². The van der Waals surface area contributed by atoms with Gasteiger partial charge in [0, 0.05) is 51.0 Å². The van der Waals surface area contributed by atoms with Crippen LogP contribution in [0.25, 0.3) is 11.6 Å². The molecular weight excluding hydrogens is 1000 g/mol. The Morgan fingerprint density at radius 3 is 1.42 bits per heavy atom. The summed E-state index contributed by atoms with van der Waals surface area (Å²) in [5.41, 5.74) is 0.602. The summed E-state index contributed by atoms with van der Waals surface area (Å²) in [6.07, 6.45) is 19.2. The Morgan fingerprint density at radius 2 is 1.08 bits per heavy atom. The zero-order valence-electron chi connectivity index (χ0n) is 39.6. The number of rotatable bonds is 19. The summed E-state index contributed by atoms with van der Waals surface area (Å²) in [5.74, 6) is 5.10. The molecule has 0 saturated heterocycles. The van der Waals surface area contributed by atoms with Gasteiger partial charge in [0.25, 0.3) is 15.9 Å². The molecule has 6 aromatic heterocycles. The van der Waals surface area contributed by atoms with Gasteiger partial charge in [0.2, 0.25) is 21.8 Å². The monoisotopic (exact) mass is 1050 g/mol. The van der Waals surface area contributed by atoms with Crippen molar-refractivity contribution in [2.75, 3.05) is 13.2 Å². The zero-order chi connectivity index (χ0) is 50.8. The molecule has 0 atom stereocenters. The van der Waals surface area contributed by atoms with Crippen LogP contribution in [0.2, 0.25) is 10.3 Å². The molecule has 4 saturated carbocycles. The van der Waals surface area contributed by atoms with Gasteiger partial charge in [0.05, 0.1) is 35.7 Å². The molecule has 0 radical (unpaired) electrons. The van der Waals surface area contributed by atoms with E-state index in [1.165, 1.54) is 101 Å². The van der Waals surface area contributed by atoms with Gasteiger partial charge in [-0.2, -0.15) is 10.2 Å². The number of aromatic carboxylic acids is 1. The molecule has 71 heavy (non-hydrogen) atoms. The number of primary sulfonamides is 1. The number of nitrogens with zero attached hydrogens (tertiary/aromatic N) is 10. The normalized spacial score (nSPS) is 15.7. The minimum Gasteiger partial charge on any atom is -0.478 e. The molecule has 4 aliphatic rings. The summed E-state index contributed by atoms with van der Waals surface area (Å²) >= 11 is 12.1. The van der Waals surface area contributed by atoms with E-state index < -0.39 is 31.9 Å². The summed E-state index contributed by atoms with van der Waals surface area (Å²) in [4.78, 5) is 31.9. The summed E-state index contributed by atoms with van der Waals surface area (Å²) < 4.78 is 66.2. The highest BCUT2D eigenvalue weighted by molar-refractivity contribution is 7.90. The molecule has 1 amide bonds. The Hall–Kier alpha value is -5.88. The summed E-state index contributed by atoms with van der Waals surface area (Å²) in [6, 6.07) is 9.47. The highest BCUT2D eigenvalue weighted by Crippen LogP contribution is 2.51. The molecule has 4 N–H and O–H groups in total. The molecular formula is C46H56Cl2N12O9S2. The molecule has 4 aliphatic carbocycles. The van der Waals surface area contributed by atoms with Crippen LogP contribution in [0.4, 0.5) is 0 Å². The van der Waals surface area contributed by atoms with E-state index in [4.69, 9.17) is 42.9 Å². The molecule has 0 spiro atoms. The Labute approximate surface area is 421 Å². The molecule has 0 bridgehead atoms. The van der Waals surface area contributed by atoms with Crippen molar-refractivity contribution >= 4 is 55.1 Å². The standard InChI is InChI=1S/C23H27ClN6O4S.C18H20ClN3O3.C5H9N3O2S/c1-14-19(13-29(2)26-14)35(32,33)28-23(31)18-7-8-20(25-22(18)24)30-11-9-21(27-30)34-12-10-17(15-3-4-15)16-5-6-16;19-17-14(18(23)24)5-6-15(20-17)22-9-7-16(21-22)25-10-8-13(11-1-2-11)12-3-4-12;1-4-5(11(6,9)10)3-8(2)7-4/h7-9,11,13,15-17H,3-6,10,12H2,1-2H3,(H,28,31);5-7,9,11-13H,1-4,8,10H2,(H,23,24);3H,1-2H3,(H2,6,9,10). The van der Waals surface area contributed by atoms with Crippen molar-refractivity contribution in [3.8, 4) is 23.4 Å². The van der Waals surface area contributed by atoms with Crippen molar-refractivity contribution in [2.45, 2.75) is 87.8 Å². The van der Waals surface area contributed by atoms with Crippen molar-refractivity contribution < 1.29 is 41.0 Å². The number of pyridine rings is 2. The topological polar surface area (TPSA) is 276 Å². The lowest BCUT2D eigenvalue weighted by molar-refractivity contribution is 0.0696. The molecule has 6 heterocycles. The lowest BCUT2D eigenvalue weighted by Gasteiger charge is -2.14. The average molecular weight is 1060 g/mol. The Morgan fingerprint density at radius 1 is 0.676 bits per heavy atom. The number of carboxylic acid groups (broad SMARTS) is 1. The van der Waals surface area contributed by atoms with Crippen LogP contribution >= 0.6 is 23.2 Å². The SMILES string of the molecule is Cc1nn(C)cc1S(=O)(=O)NC(=O)c1ccc(-n2ccc(OCCC(C3CC3)C3CC3)n2)nc1Cl.Cc1nn(C)cc1S(N)(=O)=O.O=C(O)c1ccc(-n2ccc(OCCC(C3CC3)C3CC3)n2)nc1Cl. The second kappa shape index (κ2) is 21.5. The number of hydrogen-bond donors (Lipinski definition) is 3. The summed E-state index contributed by atoms with van der Waals surface area (Å²) in [5, 5.41) is 30.2. The van der Waals surface area contributed by atoms with E-state index in [0.29, 0.717) is 42.3 Å². The number of nitrogens with one attached hydrogen (secondary N) is 1. The molecule has 0 unspecified atom stereocenters. The fourth-order valence-corrected chi connectivity index (χ4v) is 11.2. The van der Waals surface area contributed by atoms with Gasteiger partial charge in [-0.3, -0.25) is 14.2 Å². The van der Waals surface area contributed by atoms with Crippen molar-refractivity contribution in [1.29, 1.82) is 0 Å². The molecule has 6 aromatic rings. The highest BCUT2D eigenvalue weighted by Gasteiger charge is 2.42. The smallest absolute Gasteiger partial charge is 0.338 e. The van der Waals surface area contributed by atoms with Gasteiger partial charge < -0.3 is 14.6 Å². The fraction of sp³-hybridized carbons (Fsp3) is 0.478. The number of aromatic nitrogens is 10. The first kappa shape index (κ1) is 51.5. The van der Waals surface area contributed by atoms with Crippen molar-refractivity contribution in [3.05, 3.63) is 94.0 Å². The van der Waals surface area contributed by atoms with Crippen molar-refractivity contribution in [2.24, 2.45) is 54.7 Å². The lowest BCUT2D eigenvalue weighted by Crippen LogP contribution is -2.31. The zero-order valence-corrected chi connectivity index (χ0v) is 42.7. The van der Waals surface area contributed by atoms with Crippen LogP contribution in [0.1, 0.15) is 96.3 Å². The molecule has 0 aromatic carbocycles. The van der Waals surface area contributed by atoms with Gasteiger partial charge in [-0.15, -0.1) is 10.2 Å². The molecule has 25 heteroatoms. The third kappa shape index (κ3) is 13.6.